The molecule has 0 fully saturated rings. The van der Waals surface area contributed by atoms with Crippen LogP contribution in [0, 0.1) is 0 Å². The molecule has 0 bridgehead atoms. The Morgan fingerprint density at radius 3 is 2.14 bits per heavy atom. The van der Waals surface area contributed by atoms with Gasteiger partial charge in [-0.2, -0.15) is 8.42 Å². The lowest BCUT2D eigenvalue weighted by atomic mass is 10.2. The van der Waals surface area contributed by atoms with E-state index in [1.807, 2.05) is 0 Å². The number of carbonyl (C=O) groups is 1. The Labute approximate surface area is 86.6 Å². The molecule has 0 saturated carbocycles. The fraction of sp³-hybridized carbons (Fsp3) is 0.125. The summed E-state index contributed by atoms with van der Waals surface area (Å²) in [5.74, 6) is 0.147. The summed E-state index contributed by atoms with van der Waals surface area (Å²) in [5, 5.41) is -0.601. The standard InChI is InChI=1S/C8H7ClO4S/c1-14(11,12)13-7-4-2-6(3-5-7)8(9)10/h2-5H,1H3. The zero-order valence-corrected chi connectivity index (χ0v) is 8.80. The molecule has 0 unspecified atom stereocenters. The SMILES string of the molecule is CS(=O)(=O)Oc1ccc(C(=O)Cl)cc1. The Morgan fingerprint density at radius 2 is 1.79 bits per heavy atom. The predicted octanol–water partition coefficient (Wildman–Crippen LogP) is 1.40. The molecule has 0 aliphatic carbocycles. The monoisotopic (exact) mass is 234 g/mol. The Hall–Kier alpha value is -1.07. The fourth-order valence-electron chi connectivity index (χ4n) is 0.816. The van der Waals surface area contributed by atoms with Crippen molar-refractivity contribution >= 4 is 27.0 Å². The van der Waals surface area contributed by atoms with Gasteiger partial charge in [0, 0.05) is 5.56 Å². The van der Waals surface area contributed by atoms with E-state index in [1.165, 1.54) is 24.3 Å². The average molecular weight is 235 g/mol. The van der Waals surface area contributed by atoms with Crippen molar-refractivity contribution in [2.45, 2.75) is 0 Å². The van der Waals surface area contributed by atoms with E-state index in [0.717, 1.165) is 6.26 Å². The van der Waals surface area contributed by atoms with Crippen molar-refractivity contribution in [1.82, 2.24) is 0 Å². The van der Waals surface area contributed by atoms with E-state index in [9.17, 15) is 13.2 Å². The molecular formula is C8H7ClO4S. The first-order chi connectivity index (χ1) is 6.38. The Bertz CT molecular complexity index is 435. The number of benzene rings is 1. The van der Waals surface area contributed by atoms with E-state index >= 15 is 0 Å². The molecule has 6 heteroatoms. The van der Waals surface area contributed by atoms with Gasteiger partial charge in [-0.15, -0.1) is 0 Å². The van der Waals surface area contributed by atoms with Crippen molar-refractivity contribution in [1.29, 1.82) is 0 Å². The summed E-state index contributed by atoms with van der Waals surface area (Å²) in [6.45, 7) is 0. The van der Waals surface area contributed by atoms with Crippen molar-refractivity contribution in [3.05, 3.63) is 29.8 Å². The number of rotatable bonds is 3. The largest absolute Gasteiger partial charge is 0.383 e. The van der Waals surface area contributed by atoms with Crippen LogP contribution in [0.3, 0.4) is 0 Å². The zero-order valence-electron chi connectivity index (χ0n) is 7.23. The van der Waals surface area contributed by atoms with Crippen molar-refractivity contribution in [2.24, 2.45) is 0 Å². The highest BCUT2D eigenvalue weighted by Gasteiger charge is 2.05. The van der Waals surface area contributed by atoms with Crippen LogP contribution in [0.15, 0.2) is 24.3 Å². The Morgan fingerprint density at radius 1 is 1.29 bits per heavy atom. The highest BCUT2D eigenvalue weighted by atomic mass is 35.5. The molecule has 0 radical (unpaired) electrons. The van der Waals surface area contributed by atoms with Gasteiger partial charge in [-0.05, 0) is 35.9 Å². The number of halogens is 1. The Kier molecular flexibility index (Phi) is 3.13. The summed E-state index contributed by atoms with van der Waals surface area (Å²) in [7, 11) is -3.53. The molecule has 1 rings (SSSR count). The van der Waals surface area contributed by atoms with Crippen molar-refractivity contribution in [2.75, 3.05) is 6.26 Å². The highest BCUT2D eigenvalue weighted by molar-refractivity contribution is 7.86. The molecule has 1 aromatic rings. The third-order valence-corrected chi connectivity index (χ3v) is 2.04. The van der Waals surface area contributed by atoms with Gasteiger partial charge in [-0.1, -0.05) is 0 Å². The van der Waals surface area contributed by atoms with Gasteiger partial charge in [0.15, 0.2) is 0 Å². The maximum atomic E-state index is 10.7. The zero-order chi connectivity index (χ0) is 10.8. The molecule has 0 saturated heterocycles. The smallest absolute Gasteiger partial charge is 0.306 e. The molecule has 1 aromatic carbocycles. The molecule has 0 aliphatic heterocycles. The van der Waals surface area contributed by atoms with Crippen LogP contribution in [-0.2, 0) is 10.1 Å². The first-order valence-corrected chi connectivity index (χ1v) is 5.77. The highest BCUT2D eigenvalue weighted by Crippen LogP contribution is 2.14. The molecule has 76 valence electrons. The normalized spacial score (nSPS) is 11.0. The minimum Gasteiger partial charge on any atom is -0.383 e. The van der Waals surface area contributed by atoms with Gasteiger partial charge in [-0.25, -0.2) is 0 Å². The molecule has 0 spiro atoms. The van der Waals surface area contributed by atoms with E-state index in [2.05, 4.69) is 4.18 Å². The van der Waals surface area contributed by atoms with E-state index in [0.29, 0.717) is 0 Å². The van der Waals surface area contributed by atoms with Crippen LogP contribution in [0.4, 0.5) is 0 Å². The van der Waals surface area contributed by atoms with Gasteiger partial charge in [0.2, 0.25) is 0 Å². The minimum atomic E-state index is -3.53. The predicted molar refractivity (Wildman–Crippen MR) is 52.1 cm³/mol. The molecule has 0 heterocycles. The molecule has 0 atom stereocenters. The first-order valence-electron chi connectivity index (χ1n) is 3.58. The summed E-state index contributed by atoms with van der Waals surface area (Å²) < 4.78 is 26.0. The summed E-state index contributed by atoms with van der Waals surface area (Å²) in [4.78, 5) is 10.6. The molecule has 0 aliphatic rings. The number of hydrogen-bond acceptors (Lipinski definition) is 4. The van der Waals surface area contributed by atoms with Gasteiger partial charge < -0.3 is 4.18 Å². The molecular weight excluding hydrogens is 228 g/mol. The van der Waals surface area contributed by atoms with E-state index in [-0.39, 0.29) is 11.3 Å². The molecule has 4 nitrogen and oxygen atoms in total. The second-order valence-electron chi connectivity index (χ2n) is 2.59. The maximum Gasteiger partial charge on any atom is 0.306 e. The molecule has 0 N–H and O–H groups in total. The van der Waals surface area contributed by atoms with Crippen LogP contribution < -0.4 is 4.18 Å². The van der Waals surface area contributed by atoms with Gasteiger partial charge >= 0.3 is 10.1 Å². The van der Waals surface area contributed by atoms with Gasteiger partial charge in [0.1, 0.15) is 5.75 Å². The summed E-state index contributed by atoms with van der Waals surface area (Å²) >= 11 is 5.19. The van der Waals surface area contributed by atoms with Crippen molar-refractivity contribution in [3.63, 3.8) is 0 Å². The van der Waals surface area contributed by atoms with Gasteiger partial charge in [-0.3, -0.25) is 4.79 Å². The molecule has 14 heavy (non-hydrogen) atoms. The summed E-state index contributed by atoms with van der Waals surface area (Å²) in [5.41, 5.74) is 0.285. The van der Waals surface area contributed by atoms with E-state index in [4.69, 9.17) is 11.6 Å². The quantitative estimate of drug-likeness (QED) is 0.586. The summed E-state index contributed by atoms with van der Waals surface area (Å²) in [6, 6.07) is 5.49. The second-order valence-corrected chi connectivity index (χ2v) is 4.50. The lowest BCUT2D eigenvalue weighted by Crippen LogP contribution is -2.05. The minimum absolute atomic E-state index is 0.147. The Balaban J connectivity index is 2.90. The van der Waals surface area contributed by atoms with Crippen molar-refractivity contribution in [3.8, 4) is 5.75 Å². The van der Waals surface area contributed by atoms with Crippen LogP contribution in [-0.4, -0.2) is 19.9 Å². The van der Waals surface area contributed by atoms with E-state index < -0.39 is 15.4 Å². The third-order valence-electron chi connectivity index (χ3n) is 1.33. The van der Waals surface area contributed by atoms with Crippen LogP contribution >= 0.6 is 11.6 Å². The third kappa shape index (κ3) is 3.35. The van der Waals surface area contributed by atoms with Crippen LogP contribution in [0.1, 0.15) is 10.4 Å². The van der Waals surface area contributed by atoms with Crippen LogP contribution in [0.2, 0.25) is 0 Å². The number of hydrogen-bond donors (Lipinski definition) is 0. The topological polar surface area (TPSA) is 60.4 Å². The van der Waals surface area contributed by atoms with Crippen LogP contribution in [0.5, 0.6) is 5.75 Å². The molecule has 0 amide bonds. The lowest BCUT2D eigenvalue weighted by molar-refractivity contribution is 0.108. The lowest BCUT2D eigenvalue weighted by Gasteiger charge is -2.02. The van der Waals surface area contributed by atoms with Crippen molar-refractivity contribution < 1.29 is 17.4 Å². The molecule has 0 aromatic heterocycles. The van der Waals surface area contributed by atoms with E-state index in [1.54, 1.807) is 0 Å². The fourth-order valence-corrected chi connectivity index (χ4v) is 1.40. The average Bonchev–Trinajstić information content (AvgIpc) is 2.02. The maximum absolute atomic E-state index is 10.7. The first kappa shape index (κ1) is 11.0. The van der Waals surface area contributed by atoms with Gasteiger partial charge in [0.05, 0.1) is 6.26 Å². The second kappa shape index (κ2) is 3.98. The number of carbonyl (C=O) groups excluding carboxylic acids is 1. The summed E-state index contributed by atoms with van der Waals surface area (Å²) in [6.07, 6.45) is 0.938. The van der Waals surface area contributed by atoms with Crippen LogP contribution in [0.25, 0.3) is 0 Å². The van der Waals surface area contributed by atoms with Gasteiger partial charge in [0.25, 0.3) is 5.24 Å².